The van der Waals surface area contributed by atoms with Gasteiger partial charge in [-0.1, -0.05) is 13.8 Å². The van der Waals surface area contributed by atoms with Crippen LogP contribution in [0.1, 0.15) is 66.8 Å². The van der Waals surface area contributed by atoms with Crippen LogP contribution in [0.4, 0.5) is 0 Å². The minimum Gasteiger partial charge on any atom is -0.462 e. The molecule has 0 aliphatic heterocycles. The summed E-state index contributed by atoms with van der Waals surface area (Å²) >= 11 is 2.57. The zero-order valence-corrected chi connectivity index (χ0v) is 18.5. The van der Waals surface area contributed by atoms with E-state index < -0.39 is 5.97 Å². The van der Waals surface area contributed by atoms with E-state index in [2.05, 4.69) is 15.3 Å². The number of amides is 1. The maximum Gasteiger partial charge on any atom is 0.348 e. The van der Waals surface area contributed by atoms with Crippen LogP contribution in [0.2, 0.25) is 0 Å². The Morgan fingerprint density at radius 2 is 1.96 bits per heavy atom. The van der Waals surface area contributed by atoms with Crippen LogP contribution in [0.3, 0.4) is 0 Å². The summed E-state index contributed by atoms with van der Waals surface area (Å²) in [6, 6.07) is 0.188. The first-order valence-electron chi connectivity index (χ1n) is 9.43. The summed E-state index contributed by atoms with van der Waals surface area (Å²) in [4.78, 5) is 45.0. The number of hydrogen-bond donors (Lipinski definition) is 2. The number of thiophene rings is 1. The third-order valence-corrected chi connectivity index (χ3v) is 6.80. The number of carbonyl (C=O) groups excluding carboxylic acids is 2. The predicted molar refractivity (Wildman–Crippen MR) is 114 cm³/mol. The highest BCUT2D eigenvalue weighted by Crippen LogP contribution is 2.30. The van der Waals surface area contributed by atoms with Crippen molar-refractivity contribution < 1.29 is 14.3 Å². The van der Waals surface area contributed by atoms with Crippen molar-refractivity contribution in [2.75, 3.05) is 12.4 Å². The molecule has 0 aliphatic rings. The van der Waals surface area contributed by atoms with Crippen LogP contribution in [0.15, 0.2) is 4.79 Å². The Bertz CT molecular complexity index is 902. The molecular weight excluding hydrogens is 398 g/mol. The molecule has 2 aromatic heterocycles. The predicted octanol–water partition coefficient (Wildman–Crippen LogP) is 3.57. The van der Waals surface area contributed by atoms with Crippen molar-refractivity contribution in [2.45, 2.75) is 58.8 Å². The number of aromatic nitrogens is 2. The number of thioether (sulfide) groups is 1. The maximum absolute atomic E-state index is 12.6. The third-order valence-electron chi connectivity index (χ3n) is 4.48. The third kappa shape index (κ3) is 5.14. The quantitative estimate of drug-likeness (QED) is 0.596. The van der Waals surface area contributed by atoms with Crippen molar-refractivity contribution in [1.82, 2.24) is 15.3 Å². The molecule has 9 heteroatoms. The Hall–Kier alpha value is -1.87. The Labute approximate surface area is 172 Å². The molecule has 0 aliphatic carbocycles. The number of aryl methyl sites for hydroxylation is 1. The first-order chi connectivity index (χ1) is 13.3. The Balaban J connectivity index is 2.17. The van der Waals surface area contributed by atoms with Gasteiger partial charge in [0, 0.05) is 6.04 Å². The first kappa shape index (κ1) is 22.4. The van der Waals surface area contributed by atoms with E-state index in [1.54, 1.807) is 13.8 Å². The van der Waals surface area contributed by atoms with Crippen molar-refractivity contribution in [1.29, 1.82) is 0 Å². The van der Waals surface area contributed by atoms with Crippen molar-refractivity contribution in [3.8, 4) is 0 Å². The molecular formula is C19H27N3O4S2. The summed E-state index contributed by atoms with van der Waals surface area (Å²) in [6.07, 6.45) is 1.79. The summed E-state index contributed by atoms with van der Waals surface area (Å²) < 4.78 is 5.05. The van der Waals surface area contributed by atoms with Gasteiger partial charge in [-0.15, -0.1) is 23.1 Å². The second-order valence-electron chi connectivity index (χ2n) is 6.44. The summed E-state index contributed by atoms with van der Waals surface area (Å²) in [5, 5.41) is 3.25. The Morgan fingerprint density at radius 1 is 1.29 bits per heavy atom. The van der Waals surface area contributed by atoms with Crippen LogP contribution in [-0.2, 0) is 9.53 Å². The molecule has 28 heavy (non-hydrogen) atoms. The zero-order chi connectivity index (χ0) is 20.8. The minimum atomic E-state index is -0.440. The van der Waals surface area contributed by atoms with Gasteiger partial charge in [0.15, 0.2) is 0 Å². The summed E-state index contributed by atoms with van der Waals surface area (Å²) in [6.45, 7) is 9.72. The maximum atomic E-state index is 12.6. The largest absolute Gasteiger partial charge is 0.462 e. The number of nitrogens with zero attached hydrogens (tertiary/aromatic N) is 1. The van der Waals surface area contributed by atoms with E-state index >= 15 is 0 Å². The van der Waals surface area contributed by atoms with E-state index in [0.29, 0.717) is 26.5 Å². The second kappa shape index (κ2) is 10.1. The van der Waals surface area contributed by atoms with E-state index in [1.807, 2.05) is 20.8 Å². The highest BCUT2D eigenvalue weighted by molar-refractivity contribution is 8.00. The molecule has 0 saturated carbocycles. The van der Waals surface area contributed by atoms with Gasteiger partial charge in [0.2, 0.25) is 5.91 Å². The van der Waals surface area contributed by atoms with Gasteiger partial charge in [-0.3, -0.25) is 9.59 Å². The molecule has 1 atom stereocenters. The molecule has 2 rings (SSSR count). The van der Waals surface area contributed by atoms with Crippen LogP contribution in [0.25, 0.3) is 10.2 Å². The monoisotopic (exact) mass is 425 g/mol. The number of hydrogen-bond acceptors (Lipinski definition) is 7. The first-order valence-corrected chi connectivity index (χ1v) is 11.3. The van der Waals surface area contributed by atoms with Gasteiger partial charge in [-0.2, -0.15) is 0 Å². The summed E-state index contributed by atoms with van der Waals surface area (Å²) in [5.41, 5.74) is 0.307. The smallest absolute Gasteiger partial charge is 0.348 e. The van der Waals surface area contributed by atoms with Gasteiger partial charge in [0.25, 0.3) is 5.56 Å². The van der Waals surface area contributed by atoms with E-state index in [4.69, 9.17) is 4.74 Å². The van der Waals surface area contributed by atoms with Crippen LogP contribution in [0.5, 0.6) is 0 Å². The van der Waals surface area contributed by atoms with Gasteiger partial charge >= 0.3 is 5.97 Å². The average Bonchev–Trinajstić information content (AvgIpc) is 3.01. The molecule has 0 radical (unpaired) electrons. The number of ether oxygens (including phenoxy) is 1. The molecule has 0 unspecified atom stereocenters. The molecule has 2 aromatic rings. The van der Waals surface area contributed by atoms with E-state index in [1.165, 1.54) is 11.8 Å². The lowest BCUT2D eigenvalue weighted by atomic mass is 10.2. The van der Waals surface area contributed by atoms with E-state index in [-0.39, 0.29) is 35.1 Å². The van der Waals surface area contributed by atoms with Crippen molar-refractivity contribution in [3.05, 3.63) is 26.6 Å². The summed E-state index contributed by atoms with van der Waals surface area (Å²) in [5.74, 6) is 0.321. The molecule has 0 spiro atoms. The molecule has 0 fully saturated rings. The van der Waals surface area contributed by atoms with Crippen LogP contribution in [0, 0.1) is 6.92 Å². The van der Waals surface area contributed by atoms with E-state index in [0.717, 1.165) is 24.2 Å². The Kier molecular flexibility index (Phi) is 8.06. The van der Waals surface area contributed by atoms with Gasteiger partial charge in [-0.25, -0.2) is 9.78 Å². The molecule has 0 saturated heterocycles. The van der Waals surface area contributed by atoms with Gasteiger partial charge < -0.3 is 15.0 Å². The number of H-pyrrole nitrogens is 1. The number of esters is 1. The fourth-order valence-electron chi connectivity index (χ4n) is 2.79. The highest BCUT2D eigenvalue weighted by atomic mass is 32.2. The van der Waals surface area contributed by atoms with Crippen molar-refractivity contribution in [3.63, 3.8) is 0 Å². The lowest BCUT2D eigenvalue weighted by Gasteiger charge is -2.15. The molecule has 2 N–H and O–H groups in total. The minimum absolute atomic E-state index is 0.0226. The van der Waals surface area contributed by atoms with E-state index in [9.17, 15) is 14.4 Å². The standard InChI is InChI=1S/C19H27N3O4S2/c1-6-12(7-2)20-13(23)9-27-11(5)16-21-17(24)14-10(4)15(19(25)26-8-3)28-18(14)22-16/h11-12H,6-9H2,1-5H3,(H,20,23)(H,21,22,24)/t11-/m0/s1. The number of rotatable bonds is 9. The fraction of sp³-hybridized carbons (Fsp3) is 0.579. The average molecular weight is 426 g/mol. The van der Waals surface area contributed by atoms with Gasteiger partial charge in [0.1, 0.15) is 15.5 Å². The van der Waals surface area contributed by atoms with Gasteiger partial charge in [0.05, 0.1) is 23.0 Å². The Morgan fingerprint density at radius 3 is 2.57 bits per heavy atom. The van der Waals surface area contributed by atoms with Gasteiger partial charge in [-0.05, 0) is 39.2 Å². The zero-order valence-electron chi connectivity index (χ0n) is 16.9. The molecule has 2 heterocycles. The lowest BCUT2D eigenvalue weighted by Crippen LogP contribution is -2.35. The number of nitrogens with one attached hydrogen (secondary N) is 2. The SMILES string of the molecule is CCOC(=O)c1sc2nc([C@H](C)SCC(=O)NC(CC)CC)[nH]c(=O)c2c1C. The highest BCUT2D eigenvalue weighted by Gasteiger charge is 2.21. The second-order valence-corrected chi connectivity index (χ2v) is 8.77. The molecule has 0 bridgehead atoms. The number of carbonyl (C=O) groups is 2. The molecule has 0 aromatic carbocycles. The van der Waals surface area contributed by atoms with Crippen LogP contribution in [-0.4, -0.2) is 40.2 Å². The number of fused-ring (bicyclic) bond motifs is 1. The lowest BCUT2D eigenvalue weighted by molar-refractivity contribution is -0.119. The topological polar surface area (TPSA) is 101 Å². The van der Waals surface area contributed by atoms with Crippen molar-refractivity contribution in [2.24, 2.45) is 0 Å². The molecule has 154 valence electrons. The summed E-state index contributed by atoms with van der Waals surface area (Å²) in [7, 11) is 0. The van der Waals surface area contributed by atoms with Crippen LogP contribution < -0.4 is 10.9 Å². The number of aromatic amines is 1. The molecule has 7 nitrogen and oxygen atoms in total. The molecule has 1 amide bonds. The van der Waals surface area contributed by atoms with Crippen molar-refractivity contribution >= 4 is 45.2 Å². The van der Waals surface area contributed by atoms with Crippen LogP contribution >= 0.6 is 23.1 Å². The normalized spacial score (nSPS) is 12.4. The fourth-order valence-corrected chi connectivity index (χ4v) is 4.62.